The van der Waals surface area contributed by atoms with E-state index in [9.17, 15) is 13.6 Å². The summed E-state index contributed by atoms with van der Waals surface area (Å²) < 4.78 is 29.6. The molecule has 0 saturated heterocycles. The molecule has 0 radical (unpaired) electrons. The van der Waals surface area contributed by atoms with Crippen molar-refractivity contribution in [3.63, 3.8) is 0 Å². The van der Waals surface area contributed by atoms with Crippen LogP contribution in [0.2, 0.25) is 0 Å². The van der Waals surface area contributed by atoms with Crippen LogP contribution in [0.4, 0.5) is 8.78 Å². The van der Waals surface area contributed by atoms with Gasteiger partial charge in [-0.05, 0) is 50.2 Å². The van der Waals surface area contributed by atoms with Crippen LogP contribution in [0.5, 0.6) is 0 Å². The third-order valence-electron chi connectivity index (χ3n) is 5.38. The van der Waals surface area contributed by atoms with Crippen LogP contribution in [0.15, 0.2) is 30.5 Å². The minimum atomic E-state index is -0.893. The van der Waals surface area contributed by atoms with Crippen LogP contribution in [0, 0.1) is 18.6 Å². The van der Waals surface area contributed by atoms with Gasteiger partial charge < -0.3 is 14.8 Å². The third kappa shape index (κ3) is 3.11. The van der Waals surface area contributed by atoms with E-state index in [0.29, 0.717) is 35.1 Å². The number of aryl methyl sites for hydroxylation is 2. The number of nitrogens with zero attached hydrogens (tertiary/aromatic N) is 3. The molecule has 4 aromatic rings. The maximum absolute atomic E-state index is 13.9. The number of hydrogen-bond acceptors (Lipinski definition) is 3. The van der Waals surface area contributed by atoms with E-state index in [0.717, 1.165) is 21.9 Å². The lowest BCUT2D eigenvalue weighted by molar-refractivity contribution is 0.0948. The van der Waals surface area contributed by atoms with Gasteiger partial charge in [-0.25, -0.2) is 8.78 Å². The summed E-state index contributed by atoms with van der Waals surface area (Å²) in [5, 5.41) is 5.84. The number of benzene rings is 2. The second kappa shape index (κ2) is 7.08. The molecule has 2 heterocycles. The Balaban J connectivity index is 1.96. The summed E-state index contributed by atoms with van der Waals surface area (Å²) in [6.07, 6.45) is 1.62. The number of carbonyl (C=O) groups is 1. The molecule has 0 saturated carbocycles. The van der Waals surface area contributed by atoms with Crippen molar-refractivity contribution in [2.24, 2.45) is 7.05 Å². The van der Waals surface area contributed by atoms with E-state index in [1.165, 1.54) is 12.1 Å². The van der Waals surface area contributed by atoms with E-state index >= 15 is 0 Å². The van der Waals surface area contributed by atoms with Gasteiger partial charge in [-0.1, -0.05) is 0 Å². The molecule has 150 valence electrons. The fourth-order valence-corrected chi connectivity index (χ4v) is 3.93. The monoisotopic (exact) mass is 396 g/mol. The Hall–Kier alpha value is -3.06. The molecular formula is C22H22F2N4O. The van der Waals surface area contributed by atoms with Gasteiger partial charge in [0.15, 0.2) is 11.6 Å². The number of hydrogen-bond donors (Lipinski definition) is 1. The van der Waals surface area contributed by atoms with Crippen LogP contribution in [0.3, 0.4) is 0 Å². The van der Waals surface area contributed by atoms with Crippen LogP contribution in [0.25, 0.3) is 32.6 Å². The molecule has 0 spiro atoms. The number of carbonyl (C=O) groups excluding carboxylic acids is 1. The first-order valence-electron chi connectivity index (χ1n) is 9.38. The maximum atomic E-state index is 13.9. The highest BCUT2D eigenvalue weighted by molar-refractivity contribution is 6.17. The van der Waals surface area contributed by atoms with E-state index in [2.05, 4.69) is 10.3 Å². The van der Waals surface area contributed by atoms with Crippen LogP contribution in [0.1, 0.15) is 16.1 Å². The van der Waals surface area contributed by atoms with Gasteiger partial charge in [0.1, 0.15) is 5.69 Å². The van der Waals surface area contributed by atoms with Crippen molar-refractivity contribution in [3.05, 3.63) is 53.4 Å². The van der Waals surface area contributed by atoms with Gasteiger partial charge in [0, 0.05) is 48.6 Å². The zero-order chi connectivity index (χ0) is 20.9. The molecule has 1 N–H and O–H groups in total. The van der Waals surface area contributed by atoms with Crippen LogP contribution in [-0.2, 0) is 7.05 Å². The minimum Gasteiger partial charge on any atom is -0.349 e. The third-order valence-corrected chi connectivity index (χ3v) is 5.38. The lowest BCUT2D eigenvalue weighted by atomic mass is 10.00. The highest BCUT2D eigenvalue weighted by atomic mass is 19.2. The Morgan fingerprint density at radius 1 is 1.10 bits per heavy atom. The Kier molecular flexibility index (Phi) is 4.70. The van der Waals surface area contributed by atoms with Gasteiger partial charge in [-0.3, -0.25) is 9.78 Å². The average Bonchev–Trinajstić information content (AvgIpc) is 2.93. The summed E-state index contributed by atoms with van der Waals surface area (Å²) in [5.74, 6) is -2.03. The first-order valence-corrected chi connectivity index (χ1v) is 9.38. The highest BCUT2D eigenvalue weighted by Gasteiger charge is 2.19. The zero-order valence-corrected chi connectivity index (χ0v) is 16.8. The van der Waals surface area contributed by atoms with Gasteiger partial charge in [0.05, 0.1) is 11.0 Å². The number of fused-ring (bicyclic) bond motifs is 4. The van der Waals surface area contributed by atoms with E-state index in [1.807, 2.05) is 49.7 Å². The Bertz CT molecular complexity index is 1280. The van der Waals surface area contributed by atoms with Crippen LogP contribution in [-0.4, -0.2) is 47.5 Å². The van der Waals surface area contributed by atoms with E-state index < -0.39 is 11.6 Å². The fourth-order valence-electron chi connectivity index (χ4n) is 3.93. The van der Waals surface area contributed by atoms with Gasteiger partial charge in [0.2, 0.25) is 0 Å². The molecule has 0 aliphatic carbocycles. The molecule has 0 aliphatic heterocycles. The molecule has 0 atom stereocenters. The predicted molar refractivity (Wildman–Crippen MR) is 111 cm³/mol. The molecule has 4 rings (SSSR count). The Morgan fingerprint density at radius 3 is 2.55 bits per heavy atom. The fraction of sp³-hybridized carbons (Fsp3) is 0.273. The maximum Gasteiger partial charge on any atom is 0.270 e. The Labute approximate surface area is 166 Å². The summed E-state index contributed by atoms with van der Waals surface area (Å²) in [6.45, 7) is 3.17. The van der Waals surface area contributed by atoms with Crippen molar-refractivity contribution in [2.45, 2.75) is 6.92 Å². The molecular weight excluding hydrogens is 374 g/mol. The quantitative estimate of drug-likeness (QED) is 0.572. The van der Waals surface area contributed by atoms with Gasteiger partial charge in [-0.15, -0.1) is 0 Å². The number of amides is 1. The topological polar surface area (TPSA) is 50.2 Å². The normalized spacial score (nSPS) is 11.8. The second-order valence-electron chi connectivity index (χ2n) is 7.55. The van der Waals surface area contributed by atoms with E-state index in [-0.39, 0.29) is 5.91 Å². The average molecular weight is 396 g/mol. The summed E-state index contributed by atoms with van der Waals surface area (Å²) in [4.78, 5) is 19.0. The molecule has 7 heteroatoms. The molecule has 2 aromatic heterocycles. The van der Waals surface area contributed by atoms with Gasteiger partial charge in [-0.2, -0.15) is 0 Å². The van der Waals surface area contributed by atoms with Gasteiger partial charge in [0.25, 0.3) is 5.91 Å². The molecule has 29 heavy (non-hydrogen) atoms. The SMILES string of the molecule is Cc1c2ccnc(C(=O)NCCN(C)C)c2cc2c3cc(F)c(F)cc3n(C)c12. The largest absolute Gasteiger partial charge is 0.349 e. The standard InChI is InChI=1S/C22H22F2N4O/c1-12-13-5-6-25-20(22(29)26-7-8-27(2)3)15(13)9-16-14-10-17(23)18(24)11-19(14)28(4)21(12)16/h5-6,9-11H,7-8H2,1-4H3,(H,26,29). The van der Waals surface area contributed by atoms with Crippen LogP contribution >= 0.6 is 0 Å². The van der Waals surface area contributed by atoms with Crippen LogP contribution < -0.4 is 5.32 Å². The number of likely N-dealkylation sites (N-methyl/N-ethyl adjacent to an activating group) is 1. The van der Waals surface area contributed by atoms with Crippen molar-refractivity contribution in [3.8, 4) is 0 Å². The van der Waals surface area contributed by atoms with Crippen molar-refractivity contribution in [1.29, 1.82) is 0 Å². The zero-order valence-electron chi connectivity index (χ0n) is 16.8. The molecule has 0 unspecified atom stereocenters. The number of rotatable bonds is 4. The number of aromatic nitrogens is 2. The highest BCUT2D eigenvalue weighted by Crippen LogP contribution is 2.36. The van der Waals surface area contributed by atoms with Crippen molar-refractivity contribution in [2.75, 3.05) is 27.2 Å². The van der Waals surface area contributed by atoms with E-state index in [4.69, 9.17) is 0 Å². The predicted octanol–water partition coefficient (Wildman–Crippen LogP) is 3.76. The summed E-state index contributed by atoms with van der Waals surface area (Å²) in [5.41, 5.74) is 2.73. The van der Waals surface area contributed by atoms with E-state index in [1.54, 1.807) is 6.20 Å². The number of nitrogens with one attached hydrogen (secondary N) is 1. The lowest BCUT2D eigenvalue weighted by Crippen LogP contribution is -2.31. The molecule has 0 fully saturated rings. The minimum absolute atomic E-state index is 0.256. The Morgan fingerprint density at radius 2 is 1.83 bits per heavy atom. The first kappa shape index (κ1) is 19.3. The van der Waals surface area contributed by atoms with Crippen molar-refractivity contribution >= 4 is 38.5 Å². The molecule has 0 aliphatic rings. The lowest BCUT2D eigenvalue weighted by Gasteiger charge is -2.12. The summed E-state index contributed by atoms with van der Waals surface area (Å²) in [7, 11) is 5.70. The molecule has 0 bridgehead atoms. The smallest absolute Gasteiger partial charge is 0.270 e. The first-order chi connectivity index (χ1) is 13.8. The second-order valence-corrected chi connectivity index (χ2v) is 7.55. The van der Waals surface area contributed by atoms with Crippen molar-refractivity contribution < 1.29 is 13.6 Å². The summed E-state index contributed by atoms with van der Waals surface area (Å²) in [6, 6.07) is 6.14. The number of pyridine rings is 1. The molecule has 1 amide bonds. The van der Waals surface area contributed by atoms with Gasteiger partial charge >= 0.3 is 0 Å². The number of halogens is 2. The summed E-state index contributed by atoms with van der Waals surface area (Å²) >= 11 is 0. The molecule has 2 aromatic carbocycles. The van der Waals surface area contributed by atoms with Crippen molar-refractivity contribution in [1.82, 2.24) is 19.8 Å². The molecule has 5 nitrogen and oxygen atoms in total.